The number of amides is 1. The van der Waals surface area contributed by atoms with Crippen molar-refractivity contribution in [2.45, 2.75) is 23.7 Å². The highest BCUT2D eigenvalue weighted by atomic mass is 35.5. The van der Waals surface area contributed by atoms with Gasteiger partial charge >= 0.3 is 11.7 Å². The van der Waals surface area contributed by atoms with Crippen molar-refractivity contribution in [1.29, 1.82) is 0 Å². The van der Waals surface area contributed by atoms with Gasteiger partial charge in [-0.3, -0.25) is 4.79 Å². The Morgan fingerprint density at radius 1 is 1.07 bits per heavy atom. The molecule has 1 N–H and O–H groups in total. The second kappa shape index (κ2) is 8.85. The number of carbonyl (C=O) groups excluding carboxylic acids is 2. The summed E-state index contributed by atoms with van der Waals surface area (Å²) in [5.41, 5.74) is 0.151. The Kier molecular flexibility index (Phi) is 6.97. The first kappa shape index (κ1) is 22.1. The van der Waals surface area contributed by atoms with Crippen LogP contribution in [0.4, 0.5) is 14.5 Å². The van der Waals surface area contributed by atoms with Gasteiger partial charge in [-0.1, -0.05) is 23.2 Å². The molecule has 0 spiro atoms. The highest BCUT2D eigenvalue weighted by Crippen LogP contribution is 2.25. The van der Waals surface area contributed by atoms with Gasteiger partial charge in [-0.2, -0.15) is 8.78 Å². The Hall–Kier alpha value is -2.23. The van der Waals surface area contributed by atoms with Crippen LogP contribution in [-0.2, 0) is 19.4 Å². The van der Waals surface area contributed by atoms with E-state index in [0.29, 0.717) is 5.02 Å². The van der Waals surface area contributed by atoms with Gasteiger partial charge in [-0.25, -0.2) is 13.2 Å². The lowest BCUT2D eigenvalue weighted by molar-refractivity contribution is -0.123. The number of halogens is 4. The van der Waals surface area contributed by atoms with Gasteiger partial charge in [-0.15, -0.1) is 0 Å². The predicted octanol–water partition coefficient (Wildman–Crippen LogP) is 4.17. The highest BCUT2D eigenvalue weighted by molar-refractivity contribution is 7.91. The van der Waals surface area contributed by atoms with Crippen LogP contribution in [0.1, 0.15) is 17.3 Å². The molecule has 6 nitrogen and oxygen atoms in total. The fourth-order valence-electron chi connectivity index (χ4n) is 1.99. The van der Waals surface area contributed by atoms with Gasteiger partial charge in [0.25, 0.3) is 5.91 Å². The number of alkyl halides is 2. The zero-order valence-electron chi connectivity index (χ0n) is 14.2. The molecule has 0 heterocycles. The molecule has 0 aliphatic carbocycles. The number of nitrogens with one attached hydrogen (secondary N) is 1. The van der Waals surface area contributed by atoms with Crippen LogP contribution in [0.3, 0.4) is 0 Å². The standard InChI is InChI=1S/C17H13Cl2F2NO5S/c1-9(15(23)22-14-7-4-11(18)8-13(14)19)27-16(24)10-2-5-12(6-3-10)28(25,26)17(20)21/h2-9,17H,1H3,(H,22,23)/t9-/m1/s1. The summed E-state index contributed by atoms with van der Waals surface area (Å²) in [6.45, 7) is 1.31. The number of ether oxygens (including phenoxy) is 1. The lowest BCUT2D eigenvalue weighted by atomic mass is 10.2. The molecule has 0 aliphatic heterocycles. The normalized spacial score (nSPS) is 12.5. The van der Waals surface area contributed by atoms with Crippen LogP contribution < -0.4 is 5.32 Å². The van der Waals surface area contributed by atoms with E-state index in [9.17, 15) is 26.8 Å². The molecule has 150 valence electrons. The topological polar surface area (TPSA) is 89.5 Å². The van der Waals surface area contributed by atoms with Gasteiger partial charge in [0.1, 0.15) is 0 Å². The molecule has 0 aliphatic rings. The smallest absolute Gasteiger partial charge is 0.341 e. The molecular formula is C17H13Cl2F2NO5S. The van der Waals surface area contributed by atoms with Gasteiger partial charge in [-0.05, 0) is 49.4 Å². The Balaban J connectivity index is 2.04. The van der Waals surface area contributed by atoms with Crippen molar-refractivity contribution in [2.24, 2.45) is 0 Å². The summed E-state index contributed by atoms with van der Waals surface area (Å²) >= 11 is 11.7. The number of carbonyl (C=O) groups is 2. The van der Waals surface area contributed by atoms with Crippen LogP contribution in [-0.4, -0.2) is 32.2 Å². The highest BCUT2D eigenvalue weighted by Gasteiger charge is 2.27. The van der Waals surface area contributed by atoms with Crippen LogP contribution in [0, 0.1) is 0 Å². The van der Waals surface area contributed by atoms with E-state index in [2.05, 4.69) is 5.32 Å². The van der Waals surface area contributed by atoms with Crippen LogP contribution in [0.25, 0.3) is 0 Å². The fraction of sp³-hybridized carbons (Fsp3) is 0.176. The summed E-state index contributed by atoms with van der Waals surface area (Å²) in [4.78, 5) is 23.6. The minimum Gasteiger partial charge on any atom is -0.449 e. The van der Waals surface area contributed by atoms with E-state index in [1.54, 1.807) is 0 Å². The number of sulfone groups is 1. The third kappa shape index (κ3) is 5.18. The number of anilines is 1. The molecule has 1 amide bonds. The van der Waals surface area contributed by atoms with Crippen LogP contribution in [0.15, 0.2) is 47.4 Å². The Labute approximate surface area is 169 Å². The average molecular weight is 452 g/mol. The third-order valence-corrected chi connectivity index (χ3v) is 5.44. The molecule has 1 atom stereocenters. The van der Waals surface area contributed by atoms with Crippen molar-refractivity contribution in [3.8, 4) is 0 Å². The van der Waals surface area contributed by atoms with Gasteiger partial charge in [0.15, 0.2) is 6.10 Å². The fourth-order valence-corrected chi connectivity index (χ4v) is 3.17. The first-order valence-corrected chi connectivity index (χ1v) is 9.91. The van der Waals surface area contributed by atoms with E-state index < -0.39 is 38.5 Å². The first-order chi connectivity index (χ1) is 13.0. The summed E-state index contributed by atoms with van der Waals surface area (Å²) in [5, 5.41) is 3.03. The molecule has 0 radical (unpaired) electrons. The molecule has 11 heteroatoms. The second-order valence-electron chi connectivity index (χ2n) is 5.49. The van der Waals surface area contributed by atoms with Crippen molar-refractivity contribution >= 4 is 50.6 Å². The van der Waals surface area contributed by atoms with Gasteiger partial charge < -0.3 is 10.1 Å². The Bertz CT molecular complexity index is 997. The second-order valence-corrected chi connectivity index (χ2v) is 8.25. The Morgan fingerprint density at radius 2 is 1.68 bits per heavy atom. The average Bonchev–Trinajstić information content (AvgIpc) is 2.63. The maximum Gasteiger partial charge on any atom is 0.341 e. The molecule has 0 unspecified atom stereocenters. The van der Waals surface area contributed by atoms with E-state index in [4.69, 9.17) is 27.9 Å². The van der Waals surface area contributed by atoms with Gasteiger partial charge in [0.2, 0.25) is 9.84 Å². The zero-order chi connectivity index (χ0) is 21.1. The molecule has 2 rings (SSSR count). The number of benzene rings is 2. The molecule has 0 aromatic heterocycles. The summed E-state index contributed by atoms with van der Waals surface area (Å²) in [6.07, 6.45) is -1.22. The lowest BCUT2D eigenvalue weighted by Crippen LogP contribution is -2.30. The van der Waals surface area contributed by atoms with E-state index in [1.807, 2.05) is 0 Å². The molecule has 28 heavy (non-hydrogen) atoms. The van der Waals surface area contributed by atoms with E-state index in [-0.39, 0.29) is 16.3 Å². The Morgan fingerprint density at radius 3 is 2.21 bits per heavy atom. The minimum atomic E-state index is -4.77. The van der Waals surface area contributed by atoms with Crippen LogP contribution >= 0.6 is 23.2 Å². The van der Waals surface area contributed by atoms with Crippen molar-refractivity contribution in [1.82, 2.24) is 0 Å². The SMILES string of the molecule is C[C@@H](OC(=O)c1ccc(S(=O)(=O)C(F)F)cc1)C(=O)Nc1ccc(Cl)cc1Cl. The molecular weight excluding hydrogens is 439 g/mol. The quantitative estimate of drug-likeness (QED) is 0.665. The van der Waals surface area contributed by atoms with Crippen molar-refractivity contribution in [3.05, 3.63) is 58.1 Å². The number of esters is 1. The predicted molar refractivity (Wildman–Crippen MR) is 99.6 cm³/mol. The maximum absolute atomic E-state index is 12.5. The van der Waals surface area contributed by atoms with Crippen molar-refractivity contribution in [2.75, 3.05) is 5.32 Å². The van der Waals surface area contributed by atoms with Crippen molar-refractivity contribution < 1.29 is 31.5 Å². The first-order valence-electron chi connectivity index (χ1n) is 7.61. The molecule has 2 aromatic carbocycles. The molecule has 0 saturated heterocycles. The summed E-state index contributed by atoms with van der Waals surface area (Å²) in [6, 6.07) is 8.14. The minimum absolute atomic E-state index is 0.114. The number of hydrogen-bond donors (Lipinski definition) is 1. The molecule has 2 aromatic rings. The third-order valence-electron chi connectivity index (χ3n) is 3.50. The summed E-state index contributed by atoms with van der Waals surface area (Å²) in [5.74, 6) is -5.19. The van der Waals surface area contributed by atoms with E-state index in [1.165, 1.54) is 25.1 Å². The monoisotopic (exact) mass is 451 g/mol. The van der Waals surface area contributed by atoms with Crippen LogP contribution in [0.2, 0.25) is 10.0 Å². The van der Waals surface area contributed by atoms with Crippen molar-refractivity contribution in [3.63, 3.8) is 0 Å². The summed E-state index contributed by atoms with van der Waals surface area (Å²) < 4.78 is 52.7. The number of rotatable bonds is 6. The largest absolute Gasteiger partial charge is 0.449 e. The van der Waals surface area contributed by atoms with Gasteiger partial charge in [0, 0.05) is 5.02 Å². The van der Waals surface area contributed by atoms with Crippen LogP contribution in [0.5, 0.6) is 0 Å². The summed E-state index contributed by atoms with van der Waals surface area (Å²) in [7, 11) is -4.77. The zero-order valence-corrected chi connectivity index (χ0v) is 16.5. The number of hydrogen-bond acceptors (Lipinski definition) is 5. The molecule has 0 saturated carbocycles. The van der Waals surface area contributed by atoms with E-state index >= 15 is 0 Å². The molecule has 0 bridgehead atoms. The van der Waals surface area contributed by atoms with E-state index in [0.717, 1.165) is 24.3 Å². The lowest BCUT2D eigenvalue weighted by Gasteiger charge is -2.14. The van der Waals surface area contributed by atoms with Gasteiger partial charge in [0.05, 0.1) is 21.2 Å². The molecule has 0 fully saturated rings. The maximum atomic E-state index is 12.5.